The van der Waals surface area contributed by atoms with Crippen LogP contribution >= 0.6 is 0 Å². The second kappa shape index (κ2) is 7.29. The minimum Gasteiger partial charge on any atom is -0.325 e. The van der Waals surface area contributed by atoms with E-state index in [0.717, 1.165) is 27.4 Å². The standard InChI is InChI=1S/C21H25FN2O3S/c1-14-12-18(28(26,27)24(3)4)13-19(15(14)2)23-20(25)21(10-5-11-21)16-6-8-17(22)9-7-16/h6-9,12-13H,5,10-11H2,1-4H3,(H,23,25). The van der Waals surface area contributed by atoms with Crippen molar-refractivity contribution in [3.05, 3.63) is 58.9 Å². The van der Waals surface area contributed by atoms with E-state index in [2.05, 4.69) is 5.32 Å². The second-order valence-electron chi connectivity index (χ2n) is 7.60. The number of benzene rings is 2. The van der Waals surface area contributed by atoms with Crippen molar-refractivity contribution < 1.29 is 17.6 Å². The van der Waals surface area contributed by atoms with Crippen LogP contribution in [0.4, 0.5) is 10.1 Å². The van der Waals surface area contributed by atoms with Gasteiger partial charge in [-0.1, -0.05) is 18.6 Å². The van der Waals surface area contributed by atoms with Gasteiger partial charge in [0.1, 0.15) is 5.82 Å². The van der Waals surface area contributed by atoms with Gasteiger partial charge in [-0.15, -0.1) is 0 Å². The molecule has 5 nitrogen and oxygen atoms in total. The fourth-order valence-corrected chi connectivity index (χ4v) is 4.52. The maximum atomic E-state index is 13.3. The molecule has 0 saturated heterocycles. The normalized spacial score (nSPS) is 15.9. The lowest BCUT2D eigenvalue weighted by molar-refractivity contribution is -0.124. The number of anilines is 1. The topological polar surface area (TPSA) is 66.5 Å². The van der Waals surface area contributed by atoms with E-state index in [1.165, 1.54) is 32.3 Å². The molecular formula is C21H25FN2O3S. The predicted octanol–water partition coefficient (Wildman–Crippen LogP) is 3.75. The number of rotatable bonds is 5. The molecular weight excluding hydrogens is 379 g/mol. The van der Waals surface area contributed by atoms with Crippen LogP contribution in [0, 0.1) is 19.7 Å². The molecule has 7 heteroatoms. The molecule has 0 spiro atoms. The van der Waals surface area contributed by atoms with E-state index in [9.17, 15) is 17.6 Å². The highest BCUT2D eigenvalue weighted by molar-refractivity contribution is 7.89. The molecule has 0 unspecified atom stereocenters. The molecule has 1 aliphatic rings. The van der Waals surface area contributed by atoms with Crippen LogP contribution in [0.25, 0.3) is 0 Å². The highest BCUT2D eigenvalue weighted by Gasteiger charge is 2.45. The zero-order chi connectivity index (χ0) is 20.7. The van der Waals surface area contributed by atoms with E-state index in [0.29, 0.717) is 18.5 Å². The largest absolute Gasteiger partial charge is 0.325 e. The van der Waals surface area contributed by atoms with Gasteiger partial charge in [-0.05, 0) is 67.6 Å². The zero-order valence-corrected chi connectivity index (χ0v) is 17.4. The number of halogens is 1. The van der Waals surface area contributed by atoms with Gasteiger partial charge >= 0.3 is 0 Å². The predicted molar refractivity (Wildman–Crippen MR) is 107 cm³/mol. The van der Waals surface area contributed by atoms with Crippen molar-refractivity contribution in [3.8, 4) is 0 Å². The first-order valence-corrected chi connectivity index (χ1v) is 10.6. The first-order valence-electron chi connectivity index (χ1n) is 9.19. The highest BCUT2D eigenvalue weighted by Crippen LogP contribution is 2.45. The van der Waals surface area contributed by atoms with Crippen LogP contribution in [0.2, 0.25) is 0 Å². The number of nitrogens with one attached hydrogen (secondary N) is 1. The minimum atomic E-state index is -3.62. The van der Waals surface area contributed by atoms with Crippen molar-refractivity contribution in [1.29, 1.82) is 0 Å². The van der Waals surface area contributed by atoms with Gasteiger partial charge in [0.15, 0.2) is 0 Å². The quantitative estimate of drug-likeness (QED) is 0.825. The smallest absolute Gasteiger partial charge is 0.242 e. The summed E-state index contributed by atoms with van der Waals surface area (Å²) in [6.45, 7) is 3.67. The van der Waals surface area contributed by atoms with Crippen molar-refractivity contribution >= 4 is 21.6 Å². The monoisotopic (exact) mass is 404 g/mol. The second-order valence-corrected chi connectivity index (χ2v) is 9.75. The Balaban J connectivity index is 1.98. The number of aryl methyl sites for hydroxylation is 1. The Kier molecular flexibility index (Phi) is 5.34. The van der Waals surface area contributed by atoms with E-state index in [-0.39, 0.29) is 16.6 Å². The van der Waals surface area contributed by atoms with Gasteiger partial charge in [0.25, 0.3) is 0 Å². The summed E-state index contributed by atoms with van der Waals surface area (Å²) in [4.78, 5) is 13.3. The molecule has 1 saturated carbocycles. The van der Waals surface area contributed by atoms with Crippen LogP contribution in [0.15, 0.2) is 41.3 Å². The molecule has 2 aromatic carbocycles. The number of carbonyl (C=O) groups is 1. The van der Waals surface area contributed by atoms with E-state index < -0.39 is 15.4 Å². The number of sulfonamides is 1. The molecule has 150 valence electrons. The van der Waals surface area contributed by atoms with E-state index in [1.807, 2.05) is 13.8 Å². The SMILES string of the molecule is Cc1cc(S(=O)(=O)N(C)C)cc(NC(=O)C2(c3ccc(F)cc3)CCC2)c1C. The summed E-state index contributed by atoms with van der Waals surface area (Å²) in [5.41, 5.74) is 2.16. The molecule has 0 aromatic heterocycles. The van der Waals surface area contributed by atoms with Crippen LogP contribution in [-0.2, 0) is 20.2 Å². The number of hydrogen-bond donors (Lipinski definition) is 1. The first-order chi connectivity index (χ1) is 13.1. The molecule has 28 heavy (non-hydrogen) atoms. The Bertz CT molecular complexity index is 1010. The van der Waals surface area contributed by atoms with Crippen molar-refractivity contribution in [2.75, 3.05) is 19.4 Å². The van der Waals surface area contributed by atoms with Gasteiger partial charge in [0.05, 0.1) is 10.3 Å². The van der Waals surface area contributed by atoms with E-state index in [1.54, 1.807) is 18.2 Å². The number of carbonyl (C=O) groups excluding carboxylic acids is 1. The summed E-state index contributed by atoms with van der Waals surface area (Å²) < 4.78 is 39.5. The summed E-state index contributed by atoms with van der Waals surface area (Å²) in [6.07, 6.45) is 2.27. The van der Waals surface area contributed by atoms with E-state index >= 15 is 0 Å². The van der Waals surface area contributed by atoms with Crippen LogP contribution in [0.1, 0.15) is 36.0 Å². The van der Waals surface area contributed by atoms with Crippen LogP contribution in [0.3, 0.4) is 0 Å². The minimum absolute atomic E-state index is 0.139. The van der Waals surface area contributed by atoms with Gasteiger partial charge in [-0.2, -0.15) is 0 Å². The molecule has 0 bridgehead atoms. The van der Waals surface area contributed by atoms with Gasteiger partial charge in [-0.25, -0.2) is 17.1 Å². The van der Waals surface area contributed by atoms with Crippen LogP contribution in [-0.4, -0.2) is 32.7 Å². The third kappa shape index (κ3) is 3.44. The summed E-state index contributed by atoms with van der Waals surface area (Å²) in [5.74, 6) is -0.529. The summed E-state index contributed by atoms with van der Waals surface area (Å²) in [5, 5.41) is 2.94. The maximum Gasteiger partial charge on any atom is 0.242 e. The van der Waals surface area contributed by atoms with Gasteiger partial charge < -0.3 is 5.32 Å². The number of amides is 1. The Hall–Kier alpha value is -2.25. The molecule has 1 aliphatic carbocycles. The Morgan fingerprint density at radius 1 is 1.11 bits per heavy atom. The highest BCUT2D eigenvalue weighted by atomic mass is 32.2. The van der Waals surface area contributed by atoms with Crippen LogP contribution in [0.5, 0.6) is 0 Å². The number of nitrogens with zero attached hydrogens (tertiary/aromatic N) is 1. The molecule has 0 atom stereocenters. The Labute approximate surface area is 165 Å². The lowest BCUT2D eigenvalue weighted by Crippen LogP contribution is -2.46. The van der Waals surface area contributed by atoms with Crippen molar-refractivity contribution in [2.24, 2.45) is 0 Å². The summed E-state index contributed by atoms with van der Waals surface area (Å²) >= 11 is 0. The van der Waals surface area contributed by atoms with Crippen molar-refractivity contribution in [1.82, 2.24) is 4.31 Å². The lowest BCUT2D eigenvalue weighted by atomic mass is 9.63. The van der Waals surface area contributed by atoms with Gasteiger partial charge in [0, 0.05) is 19.8 Å². The maximum absolute atomic E-state index is 13.3. The van der Waals surface area contributed by atoms with Crippen LogP contribution < -0.4 is 5.32 Å². The molecule has 0 aliphatic heterocycles. The Morgan fingerprint density at radius 3 is 2.21 bits per heavy atom. The van der Waals surface area contributed by atoms with Crippen molar-refractivity contribution in [3.63, 3.8) is 0 Å². The summed E-state index contributed by atoms with van der Waals surface area (Å²) in [6, 6.07) is 9.15. The molecule has 1 amide bonds. The fourth-order valence-electron chi connectivity index (χ4n) is 3.50. The number of hydrogen-bond acceptors (Lipinski definition) is 3. The molecule has 2 aromatic rings. The lowest BCUT2D eigenvalue weighted by Gasteiger charge is -2.41. The fraction of sp³-hybridized carbons (Fsp3) is 0.381. The van der Waals surface area contributed by atoms with Gasteiger partial charge in [0.2, 0.25) is 15.9 Å². The summed E-state index contributed by atoms with van der Waals surface area (Å²) in [7, 11) is -0.672. The third-order valence-electron chi connectivity index (χ3n) is 5.71. The Morgan fingerprint density at radius 2 is 1.71 bits per heavy atom. The molecule has 0 radical (unpaired) electrons. The zero-order valence-electron chi connectivity index (χ0n) is 16.5. The van der Waals surface area contributed by atoms with Gasteiger partial charge in [-0.3, -0.25) is 4.79 Å². The molecule has 1 fully saturated rings. The average Bonchev–Trinajstić information content (AvgIpc) is 2.59. The molecule has 0 heterocycles. The first kappa shape index (κ1) is 20.5. The molecule has 3 rings (SSSR count). The molecule has 1 N–H and O–H groups in total. The van der Waals surface area contributed by atoms with E-state index in [4.69, 9.17) is 0 Å². The van der Waals surface area contributed by atoms with Crippen molar-refractivity contribution in [2.45, 2.75) is 43.4 Å². The average molecular weight is 405 g/mol. The third-order valence-corrected chi connectivity index (χ3v) is 7.50.